The average molecular weight is 382 g/mol. The van der Waals surface area contributed by atoms with E-state index in [2.05, 4.69) is 17.9 Å². The van der Waals surface area contributed by atoms with Gasteiger partial charge in [0.15, 0.2) is 0 Å². The van der Waals surface area contributed by atoms with E-state index in [4.69, 9.17) is 32.5 Å². The van der Waals surface area contributed by atoms with Crippen LogP contribution in [-0.2, 0) is 14.4 Å². The highest BCUT2D eigenvalue weighted by Crippen LogP contribution is 2.03. The van der Waals surface area contributed by atoms with Crippen molar-refractivity contribution in [1.82, 2.24) is 5.32 Å². The molecule has 25 heavy (non-hydrogen) atoms. The van der Waals surface area contributed by atoms with Crippen LogP contribution in [0.1, 0.15) is 32.1 Å². The van der Waals surface area contributed by atoms with Gasteiger partial charge in [-0.3, -0.25) is 14.4 Å². The molecule has 0 aromatic rings. The lowest BCUT2D eigenvalue weighted by molar-refractivity contribution is -0.139. The number of hydrogen-bond acceptors (Lipinski definition) is 8. The molecule has 0 aromatic heterocycles. The Balaban J connectivity index is 0. The van der Waals surface area contributed by atoms with Gasteiger partial charge in [-0.15, -0.1) is 0 Å². The molecule has 0 bridgehead atoms. The van der Waals surface area contributed by atoms with Crippen LogP contribution in [0.2, 0.25) is 0 Å². The second kappa shape index (κ2) is 16.1. The van der Waals surface area contributed by atoms with Crippen molar-refractivity contribution < 1.29 is 29.7 Å². The number of carboxylic acid groups (broad SMARTS) is 3. The molecule has 10 N–H and O–H groups in total. The van der Waals surface area contributed by atoms with Crippen LogP contribution in [0.5, 0.6) is 0 Å². The Morgan fingerprint density at radius 1 is 1.08 bits per heavy atom. The standard InChI is InChI=1S/C6H14N2O2.C5H9NO2.C3H7NO2S/c7-4-2-1-3-5(8)6(9)10;7-5(8)4-2-1-3-6-4;4-2(1-7)3(5)6/h5H,1-4,7-8H2,(H,9,10);4,6H,1-3H2,(H,7,8);2,7H,1,4H2,(H,5,6)/t;4-;/m.0./s1. The first-order chi connectivity index (χ1) is 11.7. The molecule has 1 heterocycles. The van der Waals surface area contributed by atoms with Crippen molar-refractivity contribution in [3.63, 3.8) is 0 Å². The molecule has 0 aromatic carbocycles. The summed E-state index contributed by atoms with van der Waals surface area (Å²) in [4.78, 5) is 30.0. The summed E-state index contributed by atoms with van der Waals surface area (Å²) in [5.41, 5.74) is 15.4. The maximum absolute atomic E-state index is 10.1. The van der Waals surface area contributed by atoms with Crippen molar-refractivity contribution in [3.05, 3.63) is 0 Å². The predicted molar refractivity (Wildman–Crippen MR) is 96.6 cm³/mol. The van der Waals surface area contributed by atoms with Crippen molar-refractivity contribution in [1.29, 1.82) is 0 Å². The van der Waals surface area contributed by atoms with Gasteiger partial charge in [-0.2, -0.15) is 12.6 Å². The number of aliphatic carboxylic acids is 3. The molecule has 1 fully saturated rings. The summed E-state index contributed by atoms with van der Waals surface area (Å²) in [5.74, 6) is -2.47. The van der Waals surface area contributed by atoms with Gasteiger partial charge in [0.1, 0.15) is 18.1 Å². The number of carboxylic acids is 3. The van der Waals surface area contributed by atoms with Gasteiger partial charge in [0.2, 0.25) is 0 Å². The van der Waals surface area contributed by atoms with E-state index in [1.165, 1.54) is 0 Å². The molecule has 1 saturated heterocycles. The van der Waals surface area contributed by atoms with Crippen LogP contribution in [-0.4, -0.2) is 70.2 Å². The summed E-state index contributed by atoms with van der Waals surface area (Å²) < 4.78 is 0. The third-order valence-corrected chi connectivity index (χ3v) is 3.55. The molecule has 10 nitrogen and oxygen atoms in total. The van der Waals surface area contributed by atoms with E-state index in [1.54, 1.807) is 0 Å². The zero-order valence-corrected chi connectivity index (χ0v) is 15.0. The van der Waals surface area contributed by atoms with Crippen molar-refractivity contribution in [3.8, 4) is 0 Å². The van der Waals surface area contributed by atoms with Crippen LogP contribution >= 0.6 is 12.6 Å². The number of nitrogens with two attached hydrogens (primary N) is 3. The van der Waals surface area contributed by atoms with Gasteiger partial charge in [0, 0.05) is 5.75 Å². The summed E-state index contributed by atoms with van der Waals surface area (Å²) in [5, 5.41) is 27.5. The minimum absolute atomic E-state index is 0.190. The van der Waals surface area contributed by atoms with E-state index in [-0.39, 0.29) is 11.8 Å². The molecule has 0 spiro atoms. The second-order valence-electron chi connectivity index (χ2n) is 5.34. The fourth-order valence-electron chi connectivity index (χ4n) is 1.61. The van der Waals surface area contributed by atoms with Crippen LogP contribution < -0.4 is 22.5 Å². The SMILES string of the molecule is NC(CS)C(=O)O.NCCCCC(N)C(=O)O.O=C(O)[C@@H]1CCCN1. The van der Waals surface area contributed by atoms with Crippen LogP contribution in [0, 0.1) is 0 Å². The monoisotopic (exact) mass is 382 g/mol. The first-order valence-electron chi connectivity index (χ1n) is 7.91. The fraction of sp³-hybridized carbons (Fsp3) is 0.786. The Morgan fingerprint density at radius 3 is 1.88 bits per heavy atom. The summed E-state index contributed by atoms with van der Waals surface area (Å²) in [6, 6.07) is -1.80. The number of nitrogens with one attached hydrogen (secondary N) is 1. The first kappa shape index (κ1) is 25.8. The quantitative estimate of drug-likeness (QED) is 0.184. The minimum Gasteiger partial charge on any atom is -0.480 e. The lowest BCUT2D eigenvalue weighted by atomic mass is 10.1. The van der Waals surface area contributed by atoms with Crippen LogP contribution in [0.15, 0.2) is 0 Å². The number of thiol groups is 1. The summed E-state index contributed by atoms with van der Waals surface area (Å²) in [6.07, 6.45) is 3.95. The highest BCUT2D eigenvalue weighted by atomic mass is 32.1. The van der Waals surface area contributed by atoms with E-state index >= 15 is 0 Å². The lowest BCUT2D eigenvalue weighted by Gasteiger charge is -2.03. The maximum Gasteiger partial charge on any atom is 0.321 e. The molecule has 2 unspecified atom stereocenters. The minimum atomic E-state index is -1.00. The number of rotatable bonds is 8. The maximum atomic E-state index is 10.1. The Bertz CT molecular complexity index is 394. The predicted octanol–water partition coefficient (Wildman–Crippen LogP) is -1.32. The molecule has 0 radical (unpaired) electrons. The third-order valence-electron chi connectivity index (χ3n) is 3.16. The summed E-state index contributed by atoms with van der Waals surface area (Å²) in [7, 11) is 0. The topological polar surface area (TPSA) is 202 Å². The second-order valence-corrected chi connectivity index (χ2v) is 5.71. The molecule has 11 heteroatoms. The van der Waals surface area contributed by atoms with Gasteiger partial charge in [0.05, 0.1) is 0 Å². The largest absolute Gasteiger partial charge is 0.480 e. The molecule has 0 saturated carbocycles. The van der Waals surface area contributed by atoms with Gasteiger partial charge >= 0.3 is 17.9 Å². The molecule has 148 valence electrons. The average Bonchev–Trinajstić information content (AvgIpc) is 3.10. The molecule has 1 aliphatic rings. The van der Waals surface area contributed by atoms with Gasteiger partial charge in [-0.05, 0) is 38.8 Å². The van der Waals surface area contributed by atoms with Crippen molar-refractivity contribution in [2.45, 2.75) is 50.2 Å². The Hall–Kier alpha value is -1.40. The zero-order valence-electron chi connectivity index (χ0n) is 14.1. The fourth-order valence-corrected chi connectivity index (χ4v) is 1.76. The molecule has 0 amide bonds. The smallest absolute Gasteiger partial charge is 0.321 e. The molecule has 0 aliphatic carbocycles. The highest BCUT2D eigenvalue weighted by molar-refractivity contribution is 7.80. The van der Waals surface area contributed by atoms with Crippen molar-refractivity contribution in [2.75, 3.05) is 18.8 Å². The number of carbonyl (C=O) groups is 3. The Morgan fingerprint density at radius 2 is 1.64 bits per heavy atom. The molecular formula is C14H30N4O6S. The Kier molecular flexibility index (Phi) is 16.6. The number of hydrogen-bond donors (Lipinski definition) is 8. The van der Waals surface area contributed by atoms with Crippen LogP contribution in [0.25, 0.3) is 0 Å². The van der Waals surface area contributed by atoms with Crippen LogP contribution in [0.4, 0.5) is 0 Å². The molecule has 1 rings (SSSR count). The van der Waals surface area contributed by atoms with E-state index in [0.29, 0.717) is 13.0 Å². The van der Waals surface area contributed by atoms with E-state index in [9.17, 15) is 14.4 Å². The normalized spacial score (nSPS) is 18.0. The molecule has 1 aliphatic heterocycles. The van der Waals surface area contributed by atoms with E-state index in [1.807, 2.05) is 0 Å². The third kappa shape index (κ3) is 15.8. The zero-order chi connectivity index (χ0) is 19.8. The van der Waals surface area contributed by atoms with Crippen molar-refractivity contribution in [2.24, 2.45) is 17.2 Å². The summed E-state index contributed by atoms with van der Waals surface area (Å²) in [6.45, 7) is 1.46. The van der Waals surface area contributed by atoms with Crippen molar-refractivity contribution >= 4 is 30.5 Å². The van der Waals surface area contributed by atoms with E-state index < -0.39 is 30.0 Å². The van der Waals surface area contributed by atoms with Crippen LogP contribution in [0.3, 0.4) is 0 Å². The first-order valence-corrected chi connectivity index (χ1v) is 8.54. The number of unbranched alkanes of at least 4 members (excludes halogenated alkanes) is 1. The van der Waals surface area contributed by atoms with Gasteiger partial charge < -0.3 is 37.8 Å². The Labute approximate surface area is 152 Å². The molecule has 3 atom stereocenters. The van der Waals surface area contributed by atoms with E-state index in [0.717, 1.165) is 32.2 Å². The summed E-state index contributed by atoms with van der Waals surface area (Å²) >= 11 is 3.65. The molecular weight excluding hydrogens is 352 g/mol. The van der Waals surface area contributed by atoms with Gasteiger partial charge in [-0.1, -0.05) is 6.42 Å². The highest BCUT2D eigenvalue weighted by Gasteiger charge is 2.20. The van der Waals surface area contributed by atoms with Gasteiger partial charge in [-0.25, -0.2) is 0 Å². The lowest BCUT2D eigenvalue weighted by Crippen LogP contribution is -2.31. The van der Waals surface area contributed by atoms with Gasteiger partial charge in [0.25, 0.3) is 0 Å².